The number of rotatable bonds is 1. The van der Waals surface area contributed by atoms with Gasteiger partial charge in [0.25, 0.3) is 5.70 Å². The summed E-state index contributed by atoms with van der Waals surface area (Å²) in [6.07, 6.45) is 4.38. The van der Waals surface area contributed by atoms with Crippen LogP contribution in [-0.2, 0) is 0 Å². The molecular weight excluding hydrogens is 210 g/mol. The summed E-state index contributed by atoms with van der Waals surface area (Å²) >= 11 is 3.13. The topological polar surface area (TPSA) is 43.1 Å². The molecule has 0 radical (unpaired) electrons. The van der Waals surface area contributed by atoms with Crippen LogP contribution < -0.4 is 0 Å². The van der Waals surface area contributed by atoms with Gasteiger partial charge in [0.2, 0.25) is 0 Å². The highest BCUT2D eigenvalue weighted by Gasteiger charge is 2.19. The van der Waals surface area contributed by atoms with Crippen molar-refractivity contribution in [2.75, 3.05) is 0 Å². The minimum absolute atomic E-state index is 0.184. The lowest BCUT2D eigenvalue weighted by molar-refractivity contribution is -0.420. The van der Waals surface area contributed by atoms with Gasteiger partial charge in [-0.2, -0.15) is 0 Å². The Kier molecular flexibility index (Phi) is 2.44. The zero-order chi connectivity index (χ0) is 8.43. The van der Waals surface area contributed by atoms with E-state index in [2.05, 4.69) is 15.9 Å². The Morgan fingerprint density at radius 1 is 1.82 bits per heavy atom. The van der Waals surface area contributed by atoms with Crippen molar-refractivity contribution in [3.63, 3.8) is 0 Å². The molecule has 4 heteroatoms. The maximum atomic E-state index is 10.4. The van der Waals surface area contributed by atoms with Gasteiger partial charge in [0.15, 0.2) is 0 Å². The quantitative estimate of drug-likeness (QED) is 0.501. The third-order valence-electron chi connectivity index (χ3n) is 1.55. The molecule has 3 nitrogen and oxygen atoms in total. The van der Waals surface area contributed by atoms with E-state index in [0.29, 0.717) is 4.48 Å². The Bertz CT molecular complexity index is 245. The molecular formula is C7H8BrNO2. The van der Waals surface area contributed by atoms with E-state index in [0.717, 1.165) is 6.42 Å². The molecule has 60 valence electrons. The van der Waals surface area contributed by atoms with Gasteiger partial charge in [-0.3, -0.25) is 10.1 Å². The third-order valence-corrected chi connectivity index (χ3v) is 2.28. The molecule has 0 bridgehead atoms. The summed E-state index contributed by atoms with van der Waals surface area (Å²) in [5.41, 5.74) is 0.184. The van der Waals surface area contributed by atoms with E-state index in [9.17, 15) is 10.1 Å². The molecule has 11 heavy (non-hydrogen) atoms. The van der Waals surface area contributed by atoms with E-state index in [-0.39, 0.29) is 16.5 Å². The van der Waals surface area contributed by atoms with E-state index in [1.54, 1.807) is 6.08 Å². The van der Waals surface area contributed by atoms with Crippen molar-refractivity contribution in [3.8, 4) is 0 Å². The summed E-state index contributed by atoms with van der Waals surface area (Å²) in [4.78, 5) is 10.0. The predicted molar refractivity (Wildman–Crippen MR) is 45.9 cm³/mol. The summed E-state index contributed by atoms with van der Waals surface area (Å²) in [5.74, 6) is 0.275. The van der Waals surface area contributed by atoms with Gasteiger partial charge in [0, 0.05) is 0 Å². The van der Waals surface area contributed by atoms with Crippen molar-refractivity contribution in [1.29, 1.82) is 0 Å². The standard InChI is InChI=1S/C7H8BrNO2/c1-5-2-3-6(8)7(4-5)9(10)11/h3-5H,2H2,1H3. The number of allylic oxidation sites excluding steroid dienone is 3. The molecule has 1 atom stereocenters. The summed E-state index contributed by atoms with van der Waals surface area (Å²) in [6.45, 7) is 1.96. The van der Waals surface area contributed by atoms with Gasteiger partial charge in [0.05, 0.1) is 9.41 Å². The molecule has 0 amide bonds. The lowest BCUT2D eigenvalue weighted by Gasteiger charge is -2.08. The van der Waals surface area contributed by atoms with Crippen LogP contribution in [0.25, 0.3) is 0 Å². The van der Waals surface area contributed by atoms with Crippen LogP contribution in [0, 0.1) is 16.0 Å². The molecule has 0 heterocycles. The minimum atomic E-state index is -0.365. The highest BCUT2D eigenvalue weighted by Crippen LogP contribution is 2.26. The second kappa shape index (κ2) is 3.17. The summed E-state index contributed by atoms with van der Waals surface area (Å²) in [6, 6.07) is 0. The highest BCUT2D eigenvalue weighted by atomic mass is 79.9. The van der Waals surface area contributed by atoms with E-state index in [1.807, 2.05) is 13.0 Å². The first-order chi connectivity index (χ1) is 5.11. The first-order valence-corrected chi connectivity index (χ1v) is 4.13. The zero-order valence-electron chi connectivity index (χ0n) is 6.08. The third kappa shape index (κ3) is 1.89. The van der Waals surface area contributed by atoms with Gasteiger partial charge in [-0.15, -0.1) is 0 Å². The molecule has 0 aliphatic heterocycles. The first kappa shape index (κ1) is 8.46. The smallest absolute Gasteiger partial charge is 0.258 e. The van der Waals surface area contributed by atoms with Crippen LogP contribution in [-0.4, -0.2) is 4.92 Å². The van der Waals surface area contributed by atoms with Crippen molar-refractivity contribution in [1.82, 2.24) is 0 Å². The van der Waals surface area contributed by atoms with Crippen LogP contribution in [0.15, 0.2) is 22.3 Å². The lowest BCUT2D eigenvalue weighted by Crippen LogP contribution is -2.05. The van der Waals surface area contributed by atoms with E-state index in [4.69, 9.17) is 0 Å². The lowest BCUT2D eigenvalue weighted by atomic mass is 10.0. The highest BCUT2D eigenvalue weighted by molar-refractivity contribution is 9.11. The molecule has 0 fully saturated rings. The maximum Gasteiger partial charge on any atom is 0.279 e. The summed E-state index contributed by atoms with van der Waals surface area (Å²) < 4.78 is 0.598. The van der Waals surface area contributed by atoms with Crippen LogP contribution in [0.3, 0.4) is 0 Å². The molecule has 1 rings (SSSR count). The maximum absolute atomic E-state index is 10.4. The van der Waals surface area contributed by atoms with Crippen molar-refractivity contribution >= 4 is 15.9 Å². The molecule has 1 unspecified atom stereocenters. The molecule has 0 spiro atoms. The molecule has 0 N–H and O–H groups in total. The van der Waals surface area contributed by atoms with Crippen LogP contribution in [0.4, 0.5) is 0 Å². The minimum Gasteiger partial charge on any atom is -0.258 e. The number of nitro groups is 1. The van der Waals surface area contributed by atoms with Crippen LogP contribution in [0.5, 0.6) is 0 Å². The first-order valence-electron chi connectivity index (χ1n) is 3.33. The largest absolute Gasteiger partial charge is 0.279 e. The molecule has 0 aromatic heterocycles. The molecule has 1 aliphatic rings. The Morgan fingerprint density at radius 2 is 2.45 bits per heavy atom. The number of hydrogen-bond donors (Lipinski definition) is 0. The second-order valence-corrected chi connectivity index (χ2v) is 3.43. The van der Waals surface area contributed by atoms with Gasteiger partial charge in [-0.25, -0.2) is 0 Å². The molecule has 0 aromatic rings. The van der Waals surface area contributed by atoms with Gasteiger partial charge < -0.3 is 0 Å². The number of hydrogen-bond acceptors (Lipinski definition) is 2. The van der Waals surface area contributed by atoms with Crippen LogP contribution in [0.2, 0.25) is 0 Å². The van der Waals surface area contributed by atoms with E-state index in [1.165, 1.54) is 0 Å². The normalized spacial score (nSPS) is 24.0. The molecule has 0 saturated carbocycles. The van der Waals surface area contributed by atoms with Crippen molar-refractivity contribution in [2.45, 2.75) is 13.3 Å². The van der Waals surface area contributed by atoms with Gasteiger partial charge in [-0.05, 0) is 34.3 Å². The SMILES string of the molecule is CC1C=C([N+](=O)[O-])C(Br)=CC1. The van der Waals surface area contributed by atoms with E-state index >= 15 is 0 Å². The number of halogens is 1. The zero-order valence-corrected chi connectivity index (χ0v) is 7.67. The Labute approximate surface area is 73.1 Å². The molecule has 0 saturated heterocycles. The van der Waals surface area contributed by atoms with Gasteiger partial charge in [-0.1, -0.05) is 13.0 Å². The predicted octanol–water partition coefficient (Wildman–Crippen LogP) is 2.47. The fourth-order valence-electron chi connectivity index (χ4n) is 0.959. The van der Waals surface area contributed by atoms with Crippen molar-refractivity contribution in [3.05, 3.63) is 32.4 Å². The fraction of sp³-hybridized carbons (Fsp3) is 0.429. The summed E-state index contributed by atoms with van der Waals surface area (Å²) in [7, 11) is 0. The van der Waals surface area contributed by atoms with Crippen LogP contribution >= 0.6 is 15.9 Å². The monoisotopic (exact) mass is 217 g/mol. The Hall–Kier alpha value is -0.640. The molecule has 0 aromatic carbocycles. The number of nitrogens with zero attached hydrogens (tertiary/aromatic N) is 1. The summed E-state index contributed by atoms with van der Waals surface area (Å²) in [5, 5.41) is 10.4. The van der Waals surface area contributed by atoms with Gasteiger partial charge in [0.1, 0.15) is 0 Å². The average Bonchev–Trinajstić information content (AvgIpc) is 1.94. The van der Waals surface area contributed by atoms with Gasteiger partial charge >= 0.3 is 0 Å². The Balaban J connectivity index is 2.90. The fourth-order valence-corrected chi connectivity index (χ4v) is 1.42. The second-order valence-electron chi connectivity index (χ2n) is 2.57. The van der Waals surface area contributed by atoms with Crippen LogP contribution in [0.1, 0.15) is 13.3 Å². The van der Waals surface area contributed by atoms with Crippen molar-refractivity contribution < 1.29 is 4.92 Å². The van der Waals surface area contributed by atoms with E-state index < -0.39 is 0 Å². The average molecular weight is 218 g/mol. The Morgan fingerprint density at radius 3 is 2.91 bits per heavy atom. The van der Waals surface area contributed by atoms with Crippen molar-refractivity contribution in [2.24, 2.45) is 5.92 Å². The molecule has 1 aliphatic carbocycles.